The highest BCUT2D eigenvalue weighted by atomic mass is 35.5. The van der Waals surface area contributed by atoms with Crippen molar-refractivity contribution < 1.29 is 4.79 Å². The Morgan fingerprint density at radius 1 is 1.16 bits per heavy atom. The fraction of sp³-hybridized carbons (Fsp3) is 0.133. The molecule has 2 rings (SSSR count). The van der Waals surface area contributed by atoms with Gasteiger partial charge in [-0.15, -0.1) is 0 Å². The van der Waals surface area contributed by atoms with Crippen LogP contribution in [-0.4, -0.2) is 5.91 Å². The zero-order valence-corrected chi connectivity index (χ0v) is 11.9. The van der Waals surface area contributed by atoms with E-state index in [0.29, 0.717) is 22.2 Å². The molecule has 0 unspecified atom stereocenters. The quantitative estimate of drug-likeness (QED) is 0.901. The van der Waals surface area contributed by atoms with Gasteiger partial charge in [-0.05, 0) is 36.8 Å². The lowest BCUT2D eigenvalue weighted by molar-refractivity contribution is 0.0951. The first-order valence-corrected chi connectivity index (χ1v) is 6.60. The van der Waals surface area contributed by atoms with Gasteiger partial charge in [-0.3, -0.25) is 4.79 Å². The SMILES string of the molecule is Cc1cccc(C(=O)NCc2ccc(Cl)cc2Cl)c1. The standard InChI is InChI=1S/C15H13Cl2NO/c1-10-3-2-4-11(7-10)15(19)18-9-12-5-6-13(16)8-14(12)17/h2-8H,9H2,1H3,(H,18,19). The van der Waals surface area contributed by atoms with Gasteiger partial charge in [0.25, 0.3) is 5.91 Å². The molecule has 2 aromatic carbocycles. The number of hydrogen-bond acceptors (Lipinski definition) is 1. The first kappa shape index (κ1) is 13.9. The Hall–Kier alpha value is -1.51. The lowest BCUT2D eigenvalue weighted by Gasteiger charge is -2.08. The highest BCUT2D eigenvalue weighted by Gasteiger charge is 2.07. The maximum Gasteiger partial charge on any atom is 0.251 e. The summed E-state index contributed by atoms with van der Waals surface area (Å²) >= 11 is 11.9. The van der Waals surface area contributed by atoms with Crippen molar-refractivity contribution in [1.82, 2.24) is 5.32 Å². The van der Waals surface area contributed by atoms with Crippen molar-refractivity contribution in [3.8, 4) is 0 Å². The maximum absolute atomic E-state index is 12.0. The minimum Gasteiger partial charge on any atom is -0.348 e. The fourth-order valence-electron chi connectivity index (χ4n) is 1.73. The third-order valence-electron chi connectivity index (χ3n) is 2.73. The van der Waals surface area contributed by atoms with Gasteiger partial charge in [0.1, 0.15) is 0 Å². The molecule has 0 heterocycles. The highest BCUT2D eigenvalue weighted by Crippen LogP contribution is 2.20. The summed E-state index contributed by atoms with van der Waals surface area (Å²) in [5, 5.41) is 3.97. The third-order valence-corrected chi connectivity index (χ3v) is 3.32. The normalized spacial score (nSPS) is 10.3. The van der Waals surface area contributed by atoms with E-state index >= 15 is 0 Å². The Morgan fingerprint density at radius 2 is 1.95 bits per heavy atom. The average Bonchev–Trinajstić information content (AvgIpc) is 2.37. The Morgan fingerprint density at radius 3 is 2.63 bits per heavy atom. The summed E-state index contributed by atoms with van der Waals surface area (Å²) in [5.41, 5.74) is 2.54. The van der Waals surface area contributed by atoms with Crippen LogP contribution in [-0.2, 0) is 6.54 Å². The van der Waals surface area contributed by atoms with Crippen molar-refractivity contribution in [3.63, 3.8) is 0 Å². The molecule has 19 heavy (non-hydrogen) atoms. The van der Waals surface area contributed by atoms with Crippen LogP contribution in [0.2, 0.25) is 10.0 Å². The maximum atomic E-state index is 12.0. The van der Waals surface area contributed by atoms with Gasteiger partial charge in [-0.2, -0.15) is 0 Å². The zero-order valence-electron chi connectivity index (χ0n) is 10.4. The molecule has 2 nitrogen and oxygen atoms in total. The Labute approximate surface area is 122 Å². The van der Waals surface area contributed by atoms with Crippen LogP contribution in [0.4, 0.5) is 0 Å². The summed E-state index contributed by atoms with van der Waals surface area (Å²) in [4.78, 5) is 12.0. The van der Waals surface area contributed by atoms with E-state index in [9.17, 15) is 4.79 Å². The Kier molecular flexibility index (Phi) is 4.46. The second-order valence-corrected chi connectivity index (χ2v) is 5.13. The van der Waals surface area contributed by atoms with Crippen molar-refractivity contribution in [2.24, 2.45) is 0 Å². The zero-order chi connectivity index (χ0) is 13.8. The topological polar surface area (TPSA) is 29.1 Å². The van der Waals surface area contributed by atoms with Crippen LogP contribution >= 0.6 is 23.2 Å². The molecule has 0 radical (unpaired) electrons. The minimum absolute atomic E-state index is 0.116. The molecule has 4 heteroatoms. The molecule has 0 bridgehead atoms. The molecule has 0 aliphatic heterocycles. The number of aryl methyl sites for hydroxylation is 1. The minimum atomic E-state index is -0.116. The van der Waals surface area contributed by atoms with Crippen molar-refractivity contribution in [2.45, 2.75) is 13.5 Å². The molecular formula is C15H13Cl2NO. The molecule has 1 amide bonds. The Bertz CT molecular complexity index is 611. The number of rotatable bonds is 3. The summed E-state index contributed by atoms with van der Waals surface area (Å²) in [5.74, 6) is -0.116. The predicted molar refractivity (Wildman–Crippen MR) is 78.8 cm³/mol. The van der Waals surface area contributed by atoms with Gasteiger partial charge in [-0.25, -0.2) is 0 Å². The number of nitrogens with one attached hydrogen (secondary N) is 1. The number of amides is 1. The highest BCUT2D eigenvalue weighted by molar-refractivity contribution is 6.35. The van der Waals surface area contributed by atoms with Crippen LogP contribution in [0.5, 0.6) is 0 Å². The van der Waals surface area contributed by atoms with Crippen molar-refractivity contribution in [3.05, 3.63) is 69.2 Å². The van der Waals surface area contributed by atoms with E-state index in [1.807, 2.05) is 25.1 Å². The second-order valence-electron chi connectivity index (χ2n) is 4.29. The summed E-state index contributed by atoms with van der Waals surface area (Å²) in [6, 6.07) is 12.7. The molecule has 0 saturated heterocycles. The average molecular weight is 294 g/mol. The molecule has 0 aliphatic rings. The van der Waals surface area contributed by atoms with Gasteiger partial charge in [0.05, 0.1) is 0 Å². The molecule has 1 N–H and O–H groups in total. The monoisotopic (exact) mass is 293 g/mol. The summed E-state index contributed by atoms with van der Waals surface area (Å²) in [6.45, 7) is 2.33. The van der Waals surface area contributed by atoms with Gasteiger partial charge in [0, 0.05) is 22.2 Å². The smallest absolute Gasteiger partial charge is 0.251 e. The van der Waals surface area contributed by atoms with Crippen LogP contribution in [0.1, 0.15) is 21.5 Å². The second kappa shape index (κ2) is 6.09. The van der Waals surface area contributed by atoms with Crippen LogP contribution < -0.4 is 5.32 Å². The molecular weight excluding hydrogens is 281 g/mol. The lowest BCUT2D eigenvalue weighted by atomic mass is 10.1. The predicted octanol–water partition coefficient (Wildman–Crippen LogP) is 4.23. The number of carbonyl (C=O) groups is 1. The molecule has 0 fully saturated rings. The lowest BCUT2D eigenvalue weighted by Crippen LogP contribution is -2.22. The summed E-state index contributed by atoms with van der Waals surface area (Å²) in [7, 11) is 0. The molecule has 0 spiro atoms. The van der Waals surface area contributed by atoms with E-state index in [1.165, 1.54) is 0 Å². The Balaban J connectivity index is 2.04. The van der Waals surface area contributed by atoms with Gasteiger partial charge in [0.2, 0.25) is 0 Å². The first-order valence-electron chi connectivity index (χ1n) is 5.85. The largest absolute Gasteiger partial charge is 0.348 e. The van der Waals surface area contributed by atoms with E-state index in [1.54, 1.807) is 24.3 Å². The molecule has 2 aromatic rings. The van der Waals surface area contributed by atoms with E-state index < -0.39 is 0 Å². The van der Waals surface area contributed by atoms with Gasteiger partial charge >= 0.3 is 0 Å². The van der Waals surface area contributed by atoms with Crippen molar-refractivity contribution >= 4 is 29.1 Å². The molecule has 0 aliphatic carbocycles. The van der Waals surface area contributed by atoms with Gasteiger partial charge < -0.3 is 5.32 Å². The first-order chi connectivity index (χ1) is 9.06. The number of hydrogen-bond donors (Lipinski definition) is 1. The van der Waals surface area contributed by atoms with Crippen molar-refractivity contribution in [2.75, 3.05) is 0 Å². The molecule has 98 valence electrons. The fourth-order valence-corrected chi connectivity index (χ4v) is 2.20. The van der Waals surface area contributed by atoms with Crippen LogP contribution in [0.3, 0.4) is 0 Å². The van der Waals surface area contributed by atoms with Crippen molar-refractivity contribution in [1.29, 1.82) is 0 Å². The van der Waals surface area contributed by atoms with Gasteiger partial charge in [-0.1, -0.05) is 47.0 Å². The third kappa shape index (κ3) is 3.72. The number of halogens is 2. The van der Waals surface area contributed by atoms with Crippen LogP contribution in [0, 0.1) is 6.92 Å². The van der Waals surface area contributed by atoms with Gasteiger partial charge in [0.15, 0.2) is 0 Å². The number of benzene rings is 2. The molecule has 0 atom stereocenters. The van der Waals surface area contributed by atoms with E-state index in [0.717, 1.165) is 11.1 Å². The molecule has 0 aromatic heterocycles. The van der Waals surface area contributed by atoms with E-state index in [4.69, 9.17) is 23.2 Å². The van der Waals surface area contributed by atoms with Crippen LogP contribution in [0.25, 0.3) is 0 Å². The van der Waals surface area contributed by atoms with E-state index in [-0.39, 0.29) is 5.91 Å². The van der Waals surface area contributed by atoms with Crippen LogP contribution in [0.15, 0.2) is 42.5 Å². The van der Waals surface area contributed by atoms with E-state index in [2.05, 4.69) is 5.32 Å². The molecule has 0 saturated carbocycles. The summed E-state index contributed by atoms with van der Waals surface area (Å²) < 4.78 is 0. The number of carbonyl (C=O) groups excluding carboxylic acids is 1. The summed E-state index contributed by atoms with van der Waals surface area (Å²) in [6.07, 6.45) is 0.